The number of carbonyl (C=O) groups is 1. The number of pyridine rings is 1. The summed E-state index contributed by atoms with van der Waals surface area (Å²) < 4.78 is 41.4. The molecule has 0 unspecified atom stereocenters. The maximum absolute atomic E-state index is 13.1. The van der Waals surface area contributed by atoms with E-state index in [1.54, 1.807) is 17.1 Å². The number of aryl methyl sites for hydroxylation is 2. The molecule has 1 aliphatic heterocycles. The van der Waals surface area contributed by atoms with Gasteiger partial charge < -0.3 is 10.6 Å². The first-order valence-corrected chi connectivity index (χ1v) is 11.8. The van der Waals surface area contributed by atoms with Crippen LogP contribution in [0.1, 0.15) is 46.3 Å². The summed E-state index contributed by atoms with van der Waals surface area (Å²) in [5.41, 5.74) is 3.05. The number of alkyl halides is 3. The van der Waals surface area contributed by atoms with E-state index in [9.17, 15) is 18.0 Å². The summed E-state index contributed by atoms with van der Waals surface area (Å²) in [4.78, 5) is 17.7. The first-order chi connectivity index (χ1) is 16.2. The van der Waals surface area contributed by atoms with Crippen molar-refractivity contribution in [2.75, 3.05) is 13.1 Å². The Morgan fingerprint density at radius 3 is 2.62 bits per heavy atom. The third kappa shape index (κ3) is 5.02. The molecule has 0 bridgehead atoms. The quantitative estimate of drug-likeness (QED) is 0.496. The summed E-state index contributed by atoms with van der Waals surface area (Å²) >= 11 is 3.50. The monoisotopic (exact) mass is 535 g/mol. The number of aromatic nitrogens is 3. The fourth-order valence-corrected chi connectivity index (χ4v) is 4.91. The Balaban J connectivity index is 1.55. The van der Waals surface area contributed by atoms with Gasteiger partial charge in [-0.05, 0) is 64.6 Å². The predicted octanol–water partition coefficient (Wildman–Crippen LogP) is 4.70. The lowest BCUT2D eigenvalue weighted by molar-refractivity contribution is -0.137. The Labute approximate surface area is 204 Å². The first-order valence-electron chi connectivity index (χ1n) is 11.0. The zero-order valence-electron chi connectivity index (χ0n) is 18.8. The van der Waals surface area contributed by atoms with Gasteiger partial charge in [0, 0.05) is 31.7 Å². The third-order valence-electron chi connectivity index (χ3n) is 6.19. The van der Waals surface area contributed by atoms with E-state index in [0.29, 0.717) is 24.9 Å². The Morgan fingerprint density at radius 2 is 2.00 bits per heavy atom. The van der Waals surface area contributed by atoms with Crippen LogP contribution < -0.4 is 10.6 Å². The van der Waals surface area contributed by atoms with Crippen molar-refractivity contribution in [1.82, 2.24) is 25.4 Å². The zero-order chi connectivity index (χ0) is 24.5. The number of rotatable bonds is 5. The van der Waals surface area contributed by atoms with Gasteiger partial charge in [0.25, 0.3) is 5.91 Å². The van der Waals surface area contributed by atoms with E-state index in [-0.39, 0.29) is 17.9 Å². The lowest BCUT2D eigenvalue weighted by Gasteiger charge is -2.33. The zero-order valence-corrected chi connectivity index (χ0v) is 20.4. The molecule has 0 radical (unpaired) electrons. The van der Waals surface area contributed by atoms with Gasteiger partial charge in [-0.3, -0.25) is 14.5 Å². The molecule has 3 aromatic rings. The second-order valence-electron chi connectivity index (χ2n) is 8.35. The SMILES string of the molecule is CCc1cc(C(=O)N[C@@H]2CNCC[C@H]2c2ccc(C(F)(F)F)cc2)cnc1-c1c(Br)cnn1C. The van der Waals surface area contributed by atoms with Crippen molar-refractivity contribution in [3.63, 3.8) is 0 Å². The van der Waals surface area contributed by atoms with Crippen LogP contribution in [0.25, 0.3) is 11.4 Å². The standard InChI is InChI=1S/C24H25BrF3N5O/c1-3-14-10-16(11-30-21(14)22-19(25)12-31-33(22)2)23(34)32-20-13-29-9-8-18(20)15-4-6-17(7-5-15)24(26,27)28/h4-7,10-12,18,20,29H,3,8-9,13H2,1-2H3,(H,32,34)/t18-,20+/m0/s1. The first kappa shape index (κ1) is 24.4. The third-order valence-corrected chi connectivity index (χ3v) is 6.77. The number of nitrogens with zero attached hydrogens (tertiary/aromatic N) is 3. The minimum Gasteiger partial charge on any atom is -0.347 e. The van der Waals surface area contributed by atoms with Crippen LogP contribution in [-0.4, -0.2) is 39.8 Å². The second-order valence-corrected chi connectivity index (χ2v) is 9.20. The van der Waals surface area contributed by atoms with E-state index in [1.165, 1.54) is 12.1 Å². The summed E-state index contributed by atoms with van der Waals surface area (Å²) in [6, 6.07) is 6.80. The number of amides is 1. The lowest BCUT2D eigenvalue weighted by atomic mass is 9.85. The number of halogens is 4. The summed E-state index contributed by atoms with van der Waals surface area (Å²) in [5, 5.41) is 10.6. The van der Waals surface area contributed by atoms with Gasteiger partial charge >= 0.3 is 6.18 Å². The van der Waals surface area contributed by atoms with Gasteiger partial charge in [0.15, 0.2) is 0 Å². The molecule has 1 saturated heterocycles. The van der Waals surface area contributed by atoms with Gasteiger partial charge in [-0.15, -0.1) is 0 Å². The fraction of sp³-hybridized carbons (Fsp3) is 0.375. The highest BCUT2D eigenvalue weighted by Crippen LogP contribution is 2.33. The largest absolute Gasteiger partial charge is 0.416 e. The number of hydrogen-bond donors (Lipinski definition) is 2. The van der Waals surface area contributed by atoms with Crippen LogP contribution in [0.5, 0.6) is 0 Å². The van der Waals surface area contributed by atoms with Gasteiger partial charge in [0.1, 0.15) is 5.69 Å². The maximum Gasteiger partial charge on any atom is 0.416 e. The van der Waals surface area contributed by atoms with E-state index >= 15 is 0 Å². The Morgan fingerprint density at radius 1 is 1.26 bits per heavy atom. The topological polar surface area (TPSA) is 71.8 Å². The molecule has 180 valence electrons. The molecule has 10 heteroatoms. The van der Waals surface area contributed by atoms with Crippen molar-refractivity contribution in [3.05, 3.63) is 69.5 Å². The molecule has 2 aromatic heterocycles. The molecule has 4 rings (SSSR count). The molecule has 1 aromatic carbocycles. The summed E-state index contributed by atoms with van der Waals surface area (Å²) in [6.07, 6.45) is 0.269. The van der Waals surface area contributed by atoms with Crippen molar-refractivity contribution in [3.8, 4) is 11.4 Å². The van der Waals surface area contributed by atoms with E-state index < -0.39 is 11.7 Å². The minimum absolute atomic E-state index is 0.0873. The number of benzene rings is 1. The van der Waals surface area contributed by atoms with Crippen LogP contribution in [0.15, 0.2) is 47.2 Å². The van der Waals surface area contributed by atoms with Gasteiger partial charge in [-0.2, -0.15) is 18.3 Å². The van der Waals surface area contributed by atoms with Crippen molar-refractivity contribution in [2.24, 2.45) is 7.05 Å². The molecule has 1 amide bonds. The Bertz CT molecular complexity index is 1160. The van der Waals surface area contributed by atoms with Gasteiger partial charge in [-0.25, -0.2) is 0 Å². The Hall–Kier alpha value is -2.72. The van der Waals surface area contributed by atoms with Crippen LogP contribution >= 0.6 is 15.9 Å². The maximum atomic E-state index is 13.1. The van der Waals surface area contributed by atoms with Crippen molar-refractivity contribution < 1.29 is 18.0 Å². The number of hydrogen-bond acceptors (Lipinski definition) is 4. The number of nitrogens with one attached hydrogen (secondary N) is 2. The molecule has 1 aliphatic rings. The molecule has 2 N–H and O–H groups in total. The lowest BCUT2D eigenvalue weighted by Crippen LogP contribution is -2.50. The summed E-state index contributed by atoms with van der Waals surface area (Å²) in [7, 11) is 1.83. The van der Waals surface area contributed by atoms with Gasteiger partial charge in [0.2, 0.25) is 0 Å². The van der Waals surface area contributed by atoms with E-state index in [0.717, 1.165) is 45.7 Å². The molecular weight excluding hydrogens is 511 g/mol. The van der Waals surface area contributed by atoms with Crippen LogP contribution in [0.2, 0.25) is 0 Å². The minimum atomic E-state index is -4.37. The highest BCUT2D eigenvalue weighted by Gasteiger charge is 2.32. The molecule has 0 spiro atoms. The van der Waals surface area contributed by atoms with Crippen LogP contribution in [0.4, 0.5) is 13.2 Å². The molecule has 34 heavy (non-hydrogen) atoms. The van der Waals surface area contributed by atoms with Crippen LogP contribution in [-0.2, 0) is 19.6 Å². The van der Waals surface area contributed by atoms with Crippen molar-refractivity contribution in [2.45, 2.75) is 37.9 Å². The molecule has 6 nitrogen and oxygen atoms in total. The second kappa shape index (κ2) is 9.87. The summed E-state index contributed by atoms with van der Waals surface area (Å²) in [6.45, 7) is 3.26. The van der Waals surface area contributed by atoms with Gasteiger partial charge in [0.05, 0.1) is 27.5 Å². The van der Waals surface area contributed by atoms with Crippen molar-refractivity contribution >= 4 is 21.8 Å². The average Bonchev–Trinajstić information content (AvgIpc) is 3.16. The molecule has 3 heterocycles. The van der Waals surface area contributed by atoms with E-state index in [2.05, 4.69) is 36.6 Å². The number of piperidine rings is 1. The average molecular weight is 536 g/mol. The summed E-state index contributed by atoms with van der Waals surface area (Å²) in [5.74, 6) is -0.348. The van der Waals surface area contributed by atoms with Crippen LogP contribution in [0, 0.1) is 0 Å². The van der Waals surface area contributed by atoms with Crippen LogP contribution in [0.3, 0.4) is 0 Å². The van der Waals surface area contributed by atoms with E-state index in [1.807, 2.05) is 20.0 Å². The highest BCUT2D eigenvalue weighted by molar-refractivity contribution is 9.10. The fourth-order valence-electron chi connectivity index (χ4n) is 4.37. The smallest absolute Gasteiger partial charge is 0.347 e. The number of carbonyl (C=O) groups excluding carboxylic acids is 1. The van der Waals surface area contributed by atoms with Gasteiger partial charge in [-0.1, -0.05) is 19.1 Å². The van der Waals surface area contributed by atoms with Crippen molar-refractivity contribution in [1.29, 1.82) is 0 Å². The molecule has 0 saturated carbocycles. The molecule has 0 aliphatic carbocycles. The highest BCUT2D eigenvalue weighted by atomic mass is 79.9. The molecule has 1 fully saturated rings. The Kier molecular flexibility index (Phi) is 7.09. The molecule has 2 atom stereocenters. The van der Waals surface area contributed by atoms with E-state index in [4.69, 9.17) is 0 Å². The predicted molar refractivity (Wildman–Crippen MR) is 126 cm³/mol. The normalized spacial score (nSPS) is 18.6. The molecular formula is C24H25BrF3N5O.